The first-order chi connectivity index (χ1) is 11.2. The van der Waals surface area contributed by atoms with Gasteiger partial charge in [0, 0.05) is 11.6 Å². The lowest BCUT2D eigenvalue weighted by atomic mass is 9.96. The van der Waals surface area contributed by atoms with E-state index in [0.29, 0.717) is 18.3 Å². The molecule has 3 rings (SSSR count). The lowest BCUT2D eigenvalue weighted by molar-refractivity contribution is 0.0155. The quantitative estimate of drug-likeness (QED) is 0.918. The second-order valence-electron chi connectivity index (χ2n) is 6.38. The van der Waals surface area contributed by atoms with Crippen LogP contribution in [0.1, 0.15) is 44.1 Å². The largest absolute Gasteiger partial charge is 0.419 e. The van der Waals surface area contributed by atoms with E-state index in [1.807, 2.05) is 31.2 Å². The highest BCUT2D eigenvalue weighted by molar-refractivity contribution is 5.52. The van der Waals surface area contributed by atoms with Gasteiger partial charge in [0.15, 0.2) is 0 Å². The zero-order valence-corrected chi connectivity index (χ0v) is 13.9. The molecule has 1 aromatic carbocycles. The number of nitrogens with zero attached hydrogens (tertiary/aromatic N) is 3. The Labute approximate surface area is 137 Å². The summed E-state index contributed by atoms with van der Waals surface area (Å²) in [7, 11) is 0. The van der Waals surface area contributed by atoms with Gasteiger partial charge in [-0.1, -0.05) is 31.0 Å². The van der Waals surface area contributed by atoms with Crippen LogP contribution < -0.4 is 0 Å². The Morgan fingerprint density at radius 1 is 1.26 bits per heavy atom. The van der Waals surface area contributed by atoms with Crippen molar-refractivity contribution >= 4 is 0 Å². The summed E-state index contributed by atoms with van der Waals surface area (Å²) >= 11 is 0. The summed E-state index contributed by atoms with van der Waals surface area (Å²) in [6.07, 6.45) is 3.87. The fourth-order valence-electron chi connectivity index (χ4n) is 3.22. The summed E-state index contributed by atoms with van der Waals surface area (Å²) in [5.41, 5.74) is 2.15. The van der Waals surface area contributed by atoms with Gasteiger partial charge >= 0.3 is 0 Å². The number of aliphatic hydroxyl groups is 1. The first-order valence-corrected chi connectivity index (χ1v) is 8.49. The van der Waals surface area contributed by atoms with E-state index in [-0.39, 0.29) is 12.1 Å². The maximum Gasteiger partial charge on any atom is 0.247 e. The van der Waals surface area contributed by atoms with E-state index < -0.39 is 0 Å². The molecule has 1 aromatic heterocycles. The molecular weight excluding hydrogens is 290 g/mol. The van der Waals surface area contributed by atoms with Crippen molar-refractivity contribution in [2.24, 2.45) is 0 Å². The number of aryl methyl sites for hydroxylation is 1. The van der Waals surface area contributed by atoms with Crippen molar-refractivity contribution in [2.75, 3.05) is 6.54 Å². The van der Waals surface area contributed by atoms with Crippen molar-refractivity contribution < 1.29 is 9.52 Å². The minimum Gasteiger partial charge on any atom is -0.419 e. The topological polar surface area (TPSA) is 62.4 Å². The van der Waals surface area contributed by atoms with E-state index >= 15 is 0 Å². The van der Waals surface area contributed by atoms with Crippen LogP contribution in [-0.2, 0) is 6.54 Å². The van der Waals surface area contributed by atoms with Gasteiger partial charge in [0.25, 0.3) is 0 Å². The van der Waals surface area contributed by atoms with Crippen LogP contribution in [0.15, 0.2) is 28.7 Å². The van der Waals surface area contributed by atoms with Crippen LogP contribution in [0.25, 0.3) is 11.5 Å². The van der Waals surface area contributed by atoms with Crippen molar-refractivity contribution in [3.63, 3.8) is 0 Å². The number of benzene rings is 1. The van der Waals surface area contributed by atoms with E-state index in [4.69, 9.17) is 4.42 Å². The zero-order chi connectivity index (χ0) is 16.2. The molecule has 124 valence electrons. The first kappa shape index (κ1) is 16.1. The predicted octanol–water partition coefficient (Wildman–Crippen LogP) is 3.17. The fraction of sp³-hybridized carbons (Fsp3) is 0.556. The maximum absolute atomic E-state index is 10.2. The SMILES string of the molecule is CCC(O)C1CCCCN1Cc1nnc(-c2ccc(C)cc2)o1. The van der Waals surface area contributed by atoms with Gasteiger partial charge in [-0.3, -0.25) is 4.90 Å². The van der Waals surface area contributed by atoms with Gasteiger partial charge in [-0.15, -0.1) is 10.2 Å². The number of hydrogen-bond acceptors (Lipinski definition) is 5. The highest BCUT2D eigenvalue weighted by Crippen LogP contribution is 2.24. The van der Waals surface area contributed by atoms with E-state index in [2.05, 4.69) is 22.0 Å². The average molecular weight is 315 g/mol. The average Bonchev–Trinajstić information content (AvgIpc) is 3.04. The third-order valence-electron chi connectivity index (χ3n) is 4.63. The third kappa shape index (κ3) is 3.79. The van der Waals surface area contributed by atoms with Gasteiger partial charge < -0.3 is 9.52 Å². The molecule has 5 heteroatoms. The molecule has 0 saturated carbocycles. The molecule has 2 unspecified atom stereocenters. The Kier molecular flexibility index (Phi) is 5.08. The van der Waals surface area contributed by atoms with Crippen LogP contribution in [0.2, 0.25) is 0 Å². The van der Waals surface area contributed by atoms with E-state index in [9.17, 15) is 5.11 Å². The number of rotatable bonds is 5. The Morgan fingerprint density at radius 2 is 2.04 bits per heavy atom. The molecule has 2 heterocycles. The molecule has 1 aliphatic heterocycles. The molecule has 5 nitrogen and oxygen atoms in total. The highest BCUT2D eigenvalue weighted by Gasteiger charge is 2.29. The van der Waals surface area contributed by atoms with Crippen LogP contribution in [-0.4, -0.2) is 38.9 Å². The molecule has 1 aliphatic rings. The number of piperidine rings is 1. The number of aromatic nitrogens is 2. The third-order valence-corrected chi connectivity index (χ3v) is 4.63. The molecule has 0 amide bonds. The number of likely N-dealkylation sites (tertiary alicyclic amines) is 1. The summed E-state index contributed by atoms with van der Waals surface area (Å²) in [6, 6.07) is 8.27. The highest BCUT2D eigenvalue weighted by atomic mass is 16.4. The molecule has 2 atom stereocenters. The predicted molar refractivity (Wildman–Crippen MR) is 88.8 cm³/mol. The standard InChI is InChI=1S/C18H25N3O2/c1-3-16(22)15-6-4-5-11-21(15)12-17-19-20-18(23-17)14-9-7-13(2)8-10-14/h7-10,15-16,22H,3-6,11-12H2,1-2H3. The van der Waals surface area contributed by atoms with Gasteiger partial charge in [-0.2, -0.15) is 0 Å². The monoisotopic (exact) mass is 315 g/mol. The Morgan fingerprint density at radius 3 is 2.78 bits per heavy atom. The van der Waals surface area contributed by atoms with E-state index in [1.54, 1.807) is 0 Å². The summed E-state index contributed by atoms with van der Waals surface area (Å²) < 4.78 is 5.83. The maximum atomic E-state index is 10.2. The number of aliphatic hydroxyl groups excluding tert-OH is 1. The molecule has 2 aromatic rings. The van der Waals surface area contributed by atoms with Crippen molar-refractivity contribution in [1.29, 1.82) is 0 Å². The first-order valence-electron chi connectivity index (χ1n) is 8.49. The summed E-state index contributed by atoms with van der Waals surface area (Å²) in [5, 5.41) is 18.6. The minimum atomic E-state index is -0.283. The Balaban J connectivity index is 1.71. The van der Waals surface area contributed by atoms with Crippen molar-refractivity contribution in [3.8, 4) is 11.5 Å². The van der Waals surface area contributed by atoms with Crippen LogP contribution in [0.3, 0.4) is 0 Å². The minimum absolute atomic E-state index is 0.198. The van der Waals surface area contributed by atoms with Crippen LogP contribution in [0, 0.1) is 6.92 Å². The Hall–Kier alpha value is -1.72. The Bertz CT molecular complexity index is 623. The molecule has 1 saturated heterocycles. The molecule has 0 radical (unpaired) electrons. The zero-order valence-electron chi connectivity index (χ0n) is 13.9. The van der Waals surface area contributed by atoms with Crippen molar-refractivity contribution in [1.82, 2.24) is 15.1 Å². The summed E-state index contributed by atoms with van der Waals surface area (Å²) in [6.45, 7) is 5.67. The molecular formula is C18H25N3O2. The molecule has 0 bridgehead atoms. The van der Waals surface area contributed by atoms with Crippen LogP contribution >= 0.6 is 0 Å². The van der Waals surface area contributed by atoms with Gasteiger partial charge in [-0.25, -0.2) is 0 Å². The second kappa shape index (κ2) is 7.23. The normalized spacial score (nSPS) is 20.6. The summed E-state index contributed by atoms with van der Waals surface area (Å²) in [4.78, 5) is 2.28. The van der Waals surface area contributed by atoms with Gasteiger partial charge in [0.05, 0.1) is 12.6 Å². The van der Waals surface area contributed by atoms with Crippen LogP contribution in [0.4, 0.5) is 0 Å². The lowest BCUT2D eigenvalue weighted by Crippen LogP contribution is -2.46. The molecule has 23 heavy (non-hydrogen) atoms. The van der Waals surface area contributed by atoms with Crippen molar-refractivity contribution in [3.05, 3.63) is 35.7 Å². The van der Waals surface area contributed by atoms with Crippen LogP contribution in [0.5, 0.6) is 0 Å². The smallest absolute Gasteiger partial charge is 0.247 e. The molecule has 0 aliphatic carbocycles. The van der Waals surface area contributed by atoms with Crippen molar-refractivity contribution in [2.45, 2.75) is 58.2 Å². The van der Waals surface area contributed by atoms with E-state index in [1.165, 1.54) is 12.0 Å². The molecule has 0 spiro atoms. The second-order valence-corrected chi connectivity index (χ2v) is 6.38. The molecule has 1 fully saturated rings. The fourth-order valence-corrected chi connectivity index (χ4v) is 3.22. The molecule has 1 N–H and O–H groups in total. The van der Waals surface area contributed by atoms with Gasteiger partial charge in [0.2, 0.25) is 11.8 Å². The summed E-state index contributed by atoms with van der Waals surface area (Å²) in [5.74, 6) is 1.18. The number of hydrogen-bond donors (Lipinski definition) is 1. The van der Waals surface area contributed by atoms with E-state index in [0.717, 1.165) is 31.4 Å². The lowest BCUT2D eigenvalue weighted by Gasteiger charge is -2.37. The van der Waals surface area contributed by atoms with Gasteiger partial charge in [0.1, 0.15) is 0 Å². The van der Waals surface area contributed by atoms with Gasteiger partial charge in [-0.05, 0) is 44.9 Å².